The lowest BCUT2D eigenvalue weighted by Gasteiger charge is -2.09. The maximum absolute atomic E-state index is 6.15. The summed E-state index contributed by atoms with van der Waals surface area (Å²) in [5, 5.41) is 5.40. The molecule has 1 aromatic carbocycles. The number of hydrogen-bond acceptors (Lipinski definition) is 3. The summed E-state index contributed by atoms with van der Waals surface area (Å²) in [6, 6.07) is 11.1. The molecule has 3 aromatic rings. The zero-order valence-electron chi connectivity index (χ0n) is 9.77. The number of nitrogens with zero attached hydrogens (tertiary/aromatic N) is 2. The highest BCUT2D eigenvalue weighted by Crippen LogP contribution is 2.29. The second kappa shape index (κ2) is 5.03. The van der Waals surface area contributed by atoms with E-state index in [4.69, 9.17) is 23.2 Å². The van der Waals surface area contributed by atoms with E-state index in [2.05, 4.69) is 15.3 Å². The molecule has 0 saturated carbocycles. The minimum Gasteiger partial charge on any atom is -0.338 e. The van der Waals surface area contributed by atoms with Crippen LogP contribution in [0, 0.1) is 0 Å². The van der Waals surface area contributed by atoms with Crippen molar-refractivity contribution in [3.63, 3.8) is 0 Å². The molecular formula is C14H9Cl2N3. The Hall–Kier alpha value is -1.84. The quantitative estimate of drug-likeness (QED) is 0.744. The van der Waals surface area contributed by atoms with Crippen LogP contribution in [0.5, 0.6) is 0 Å². The average Bonchev–Trinajstić information content (AvgIpc) is 2.45. The van der Waals surface area contributed by atoms with E-state index in [0.717, 1.165) is 16.6 Å². The van der Waals surface area contributed by atoms with Crippen molar-refractivity contribution in [2.75, 3.05) is 5.32 Å². The van der Waals surface area contributed by atoms with E-state index < -0.39 is 0 Å². The molecule has 94 valence electrons. The van der Waals surface area contributed by atoms with E-state index in [1.54, 1.807) is 18.5 Å². The molecule has 0 aliphatic rings. The molecule has 3 rings (SSSR count). The molecular weight excluding hydrogens is 281 g/mol. The zero-order chi connectivity index (χ0) is 13.2. The molecule has 0 spiro atoms. The summed E-state index contributed by atoms with van der Waals surface area (Å²) in [5.41, 5.74) is 1.67. The SMILES string of the molecule is Clc1ccc(Nc2ccc(Cl)c3cccnc23)nc1. The number of benzene rings is 1. The summed E-state index contributed by atoms with van der Waals surface area (Å²) in [6.45, 7) is 0. The van der Waals surface area contributed by atoms with E-state index in [9.17, 15) is 0 Å². The van der Waals surface area contributed by atoms with Gasteiger partial charge in [0.15, 0.2) is 0 Å². The first-order chi connectivity index (χ1) is 9.24. The maximum Gasteiger partial charge on any atom is 0.130 e. The lowest BCUT2D eigenvalue weighted by molar-refractivity contribution is 1.30. The monoisotopic (exact) mass is 289 g/mol. The molecule has 5 heteroatoms. The van der Waals surface area contributed by atoms with Gasteiger partial charge >= 0.3 is 0 Å². The van der Waals surface area contributed by atoms with Gasteiger partial charge in [0.25, 0.3) is 0 Å². The van der Waals surface area contributed by atoms with Crippen molar-refractivity contribution >= 4 is 45.6 Å². The number of pyridine rings is 2. The largest absolute Gasteiger partial charge is 0.338 e. The minimum absolute atomic E-state index is 0.602. The third-order valence-corrected chi connectivity index (χ3v) is 3.26. The van der Waals surface area contributed by atoms with Crippen molar-refractivity contribution in [3.8, 4) is 0 Å². The van der Waals surface area contributed by atoms with Crippen molar-refractivity contribution in [2.24, 2.45) is 0 Å². The van der Waals surface area contributed by atoms with E-state index >= 15 is 0 Å². The van der Waals surface area contributed by atoms with Crippen LogP contribution in [-0.4, -0.2) is 9.97 Å². The Morgan fingerprint density at radius 2 is 1.84 bits per heavy atom. The lowest BCUT2D eigenvalue weighted by Crippen LogP contribution is -1.95. The first-order valence-corrected chi connectivity index (χ1v) is 6.41. The van der Waals surface area contributed by atoms with Crippen LogP contribution in [0.25, 0.3) is 10.9 Å². The summed E-state index contributed by atoms with van der Waals surface area (Å²) in [4.78, 5) is 8.55. The van der Waals surface area contributed by atoms with Crippen LogP contribution >= 0.6 is 23.2 Å². The highest BCUT2D eigenvalue weighted by atomic mass is 35.5. The average molecular weight is 290 g/mol. The van der Waals surface area contributed by atoms with Crippen LogP contribution in [0.2, 0.25) is 10.0 Å². The molecule has 0 aliphatic carbocycles. The van der Waals surface area contributed by atoms with Crippen LogP contribution in [0.15, 0.2) is 48.8 Å². The predicted molar refractivity (Wildman–Crippen MR) is 79.3 cm³/mol. The fourth-order valence-electron chi connectivity index (χ4n) is 1.83. The van der Waals surface area contributed by atoms with Crippen molar-refractivity contribution in [3.05, 3.63) is 58.8 Å². The summed E-state index contributed by atoms with van der Waals surface area (Å²) in [5.74, 6) is 0.707. The fraction of sp³-hybridized carbons (Fsp3) is 0. The molecule has 0 unspecified atom stereocenters. The Kier molecular flexibility index (Phi) is 3.23. The molecule has 0 saturated heterocycles. The van der Waals surface area contributed by atoms with Crippen LogP contribution in [0.4, 0.5) is 11.5 Å². The van der Waals surface area contributed by atoms with Gasteiger partial charge in [-0.25, -0.2) is 4.98 Å². The Morgan fingerprint density at radius 1 is 0.947 bits per heavy atom. The molecule has 2 aromatic heterocycles. The molecule has 0 aliphatic heterocycles. The van der Waals surface area contributed by atoms with Gasteiger partial charge in [0.2, 0.25) is 0 Å². The van der Waals surface area contributed by atoms with E-state index in [1.807, 2.05) is 30.3 Å². The summed E-state index contributed by atoms with van der Waals surface area (Å²) >= 11 is 12.0. The Labute approximate surface area is 120 Å². The fourth-order valence-corrected chi connectivity index (χ4v) is 2.15. The Morgan fingerprint density at radius 3 is 2.63 bits per heavy atom. The molecule has 1 N–H and O–H groups in total. The van der Waals surface area contributed by atoms with Gasteiger partial charge in [0.05, 0.1) is 21.2 Å². The Balaban J connectivity index is 2.06. The normalized spacial score (nSPS) is 10.6. The highest BCUT2D eigenvalue weighted by Gasteiger charge is 2.06. The number of halogens is 2. The number of rotatable bonds is 2. The highest BCUT2D eigenvalue weighted by molar-refractivity contribution is 6.35. The molecule has 3 nitrogen and oxygen atoms in total. The predicted octanol–water partition coefficient (Wildman–Crippen LogP) is 4.68. The number of hydrogen-bond donors (Lipinski definition) is 1. The molecule has 2 heterocycles. The maximum atomic E-state index is 6.15. The molecule has 0 fully saturated rings. The van der Waals surface area contributed by atoms with Gasteiger partial charge in [-0.15, -0.1) is 0 Å². The van der Waals surface area contributed by atoms with Gasteiger partial charge in [-0.1, -0.05) is 23.2 Å². The second-order valence-corrected chi connectivity index (χ2v) is 4.82. The van der Waals surface area contributed by atoms with E-state index in [0.29, 0.717) is 15.9 Å². The molecule has 0 radical (unpaired) electrons. The van der Waals surface area contributed by atoms with Crippen molar-refractivity contribution < 1.29 is 0 Å². The zero-order valence-corrected chi connectivity index (χ0v) is 11.3. The number of nitrogens with one attached hydrogen (secondary N) is 1. The van der Waals surface area contributed by atoms with Gasteiger partial charge in [0.1, 0.15) is 5.82 Å². The standard InChI is InChI=1S/C14H9Cl2N3/c15-9-3-6-13(18-8-9)19-12-5-4-11(16)10-2-1-7-17-14(10)12/h1-8H,(H,18,19). The lowest BCUT2D eigenvalue weighted by atomic mass is 10.2. The first kappa shape index (κ1) is 12.2. The van der Waals surface area contributed by atoms with Gasteiger partial charge in [-0.2, -0.15) is 0 Å². The third kappa shape index (κ3) is 2.48. The number of anilines is 2. The van der Waals surface area contributed by atoms with Gasteiger partial charge in [-0.3, -0.25) is 4.98 Å². The number of fused-ring (bicyclic) bond motifs is 1. The molecule has 0 amide bonds. The van der Waals surface area contributed by atoms with Gasteiger partial charge in [0, 0.05) is 17.8 Å². The van der Waals surface area contributed by atoms with Crippen molar-refractivity contribution in [2.45, 2.75) is 0 Å². The van der Waals surface area contributed by atoms with Crippen molar-refractivity contribution in [1.82, 2.24) is 9.97 Å². The van der Waals surface area contributed by atoms with Gasteiger partial charge in [-0.05, 0) is 36.4 Å². The van der Waals surface area contributed by atoms with Crippen LogP contribution in [0.3, 0.4) is 0 Å². The molecule has 0 bridgehead atoms. The second-order valence-electron chi connectivity index (χ2n) is 3.98. The smallest absolute Gasteiger partial charge is 0.130 e. The topological polar surface area (TPSA) is 37.8 Å². The Bertz CT molecular complexity index is 726. The molecule has 19 heavy (non-hydrogen) atoms. The van der Waals surface area contributed by atoms with Crippen LogP contribution < -0.4 is 5.32 Å². The van der Waals surface area contributed by atoms with E-state index in [-0.39, 0.29) is 0 Å². The molecule has 0 atom stereocenters. The first-order valence-electron chi connectivity index (χ1n) is 5.66. The minimum atomic E-state index is 0.602. The third-order valence-electron chi connectivity index (χ3n) is 2.71. The van der Waals surface area contributed by atoms with Gasteiger partial charge < -0.3 is 5.32 Å². The summed E-state index contributed by atoms with van der Waals surface area (Å²) in [6.07, 6.45) is 3.33. The number of aromatic nitrogens is 2. The van der Waals surface area contributed by atoms with Crippen LogP contribution in [-0.2, 0) is 0 Å². The summed E-state index contributed by atoms with van der Waals surface area (Å²) < 4.78 is 0. The van der Waals surface area contributed by atoms with E-state index in [1.165, 1.54) is 0 Å². The van der Waals surface area contributed by atoms with Crippen molar-refractivity contribution in [1.29, 1.82) is 0 Å². The summed E-state index contributed by atoms with van der Waals surface area (Å²) in [7, 11) is 0. The van der Waals surface area contributed by atoms with Crippen LogP contribution in [0.1, 0.15) is 0 Å².